The summed E-state index contributed by atoms with van der Waals surface area (Å²) < 4.78 is 7.41. The zero-order valence-corrected chi connectivity index (χ0v) is 17.5. The van der Waals surface area contributed by atoms with Crippen LogP contribution in [0.3, 0.4) is 0 Å². The van der Waals surface area contributed by atoms with Gasteiger partial charge in [0.1, 0.15) is 17.6 Å². The summed E-state index contributed by atoms with van der Waals surface area (Å²) in [7, 11) is 0. The highest BCUT2D eigenvalue weighted by atomic mass is 16.5. The minimum absolute atomic E-state index is 0.287. The number of likely N-dealkylation sites (tertiary alicyclic amines) is 1. The van der Waals surface area contributed by atoms with Gasteiger partial charge in [0.25, 0.3) is 0 Å². The molecule has 3 N–H and O–H groups in total. The number of imidazole rings is 1. The van der Waals surface area contributed by atoms with Crippen LogP contribution >= 0.6 is 0 Å². The Balaban J connectivity index is 1.16. The quantitative estimate of drug-likeness (QED) is 0.609. The molecule has 8 nitrogen and oxygen atoms in total. The Kier molecular flexibility index (Phi) is 5.02. The van der Waals surface area contributed by atoms with Gasteiger partial charge in [-0.15, -0.1) is 0 Å². The van der Waals surface area contributed by atoms with Gasteiger partial charge in [0, 0.05) is 37.1 Å². The molecular weight excluding hydrogens is 394 g/mol. The molecule has 2 aromatic heterocycles. The van der Waals surface area contributed by atoms with Crippen LogP contribution in [0, 0.1) is 17.8 Å². The van der Waals surface area contributed by atoms with Gasteiger partial charge in [-0.2, -0.15) is 0 Å². The summed E-state index contributed by atoms with van der Waals surface area (Å²) in [5, 5.41) is 14.0. The van der Waals surface area contributed by atoms with E-state index in [-0.39, 0.29) is 6.03 Å². The first kappa shape index (κ1) is 19.8. The Morgan fingerprint density at radius 2 is 2.03 bits per heavy atom. The number of carbonyl (C=O) groups is 1. The molecule has 2 fully saturated rings. The van der Waals surface area contributed by atoms with E-state index in [1.165, 1.54) is 5.56 Å². The van der Waals surface area contributed by atoms with Crippen LogP contribution in [0.25, 0.3) is 11.3 Å². The molecule has 2 amide bonds. The van der Waals surface area contributed by atoms with Crippen molar-refractivity contribution in [2.45, 2.75) is 32.4 Å². The van der Waals surface area contributed by atoms with Crippen molar-refractivity contribution in [1.82, 2.24) is 19.6 Å². The van der Waals surface area contributed by atoms with Crippen LogP contribution in [0.2, 0.25) is 0 Å². The number of piperidine rings is 1. The van der Waals surface area contributed by atoms with Crippen molar-refractivity contribution >= 4 is 6.03 Å². The molecule has 1 saturated heterocycles. The Hall–Kier alpha value is -3.13. The molecule has 0 spiro atoms. The highest BCUT2D eigenvalue weighted by Gasteiger charge is 2.55. The molecule has 1 saturated carbocycles. The second-order valence-electron chi connectivity index (χ2n) is 8.74. The summed E-state index contributed by atoms with van der Waals surface area (Å²) in [6.07, 6.45) is 5.06. The van der Waals surface area contributed by atoms with E-state index < -0.39 is 6.10 Å². The predicted molar refractivity (Wildman–Crippen MR) is 114 cm³/mol. The van der Waals surface area contributed by atoms with Crippen molar-refractivity contribution in [2.75, 3.05) is 13.1 Å². The van der Waals surface area contributed by atoms with E-state index >= 15 is 0 Å². The molecular formula is C23H27N5O3. The lowest BCUT2D eigenvalue weighted by Gasteiger charge is -2.16. The fourth-order valence-electron chi connectivity index (χ4n) is 4.95. The molecule has 3 aromatic rings. The number of aliphatic hydroxyl groups is 1. The standard InChI is InChI=1S/C23H27N5O3/c1-14(29)22-25-8-9-27(22)11-17-10-21(31-26-17)16-5-2-15(3-6-16)4-7-18-19-12-28(23(24)30)13-20(18)19/h2-3,5-6,8-10,14,18-20,29H,4,7,11-13H2,1H3,(H2,24,30)/t14-,18-,19-,20+/m0/s1. The fourth-order valence-corrected chi connectivity index (χ4v) is 4.95. The highest BCUT2D eigenvalue weighted by Crippen LogP contribution is 2.53. The number of aliphatic hydroxyl groups excluding tert-OH is 1. The van der Waals surface area contributed by atoms with Crippen molar-refractivity contribution in [3.8, 4) is 11.3 Å². The maximum atomic E-state index is 11.2. The largest absolute Gasteiger partial charge is 0.385 e. The average Bonchev–Trinajstić information content (AvgIpc) is 3.24. The first-order valence-corrected chi connectivity index (χ1v) is 10.8. The van der Waals surface area contributed by atoms with Gasteiger partial charge < -0.3 is 24.8 Å². The molecule has 3 heterocycles. The summed E-state index contributed by atoms with van der Waals surface area (Å²) in [5.41, 5.74) is 8.44. The normalized spacial score (nSPS) is 23.0. The number of hydrogen-bond acceptors (Lipinski definition) is 5. The molecule has 4 atom stereocenters. The first-order valence-electron chi connectivity index (χ1n) is 10.8. The number of benzene rings is 1. The number of nitrogens with zero attached hydrogens (tertiary/aromatic N) is 4. The monoisotopic (exact) mass is 421 g/mol. The number of amides is 2. The minimum Gasteiger partial charge on any atom is -0.385 e. The second-order valence-corrected chi connectivity index (χ2v) is 8.74. The van der Waals surface area contributed by atoms with Crippen LogP contribution in [-0.2, 0) is 13.0 Å². The number of primary amides is 1. The van der Waals surface area contributed by atoms with Crippen molar-refractivity contribution in [3.63, 3.8) is 0 Å². The maximum Gasteiger partial charge on any atom is 0.314 e. The number of hydrogen-bond donors (Lipinski definition) is 2. The highest BCUT2D eigenvalue weighted by molar-refractivity contribution is 5.72. The number of fused-ring (bicyclic) bond motifs is 1. The molecule has 2 aliphatic rings. The van der Waals surface area contributed by atoms with Crippen LogP contribution in [0.15, 0.2) is 47.2 Å². The third-order valence-electron chi connectivity index (χ3n) is 6.70. The van der Waals surface area contributed by atoms with Crippen molar-refractivity contribution < 1.29 is 14.4 Å². The maximum absolute atomic E-state index is 11.2. The van der Waals surface area contributed by atoms with E-state index in [4.69, 9.17) is 10.3 Å². The van der Waals surface area contributed by atoms with Crippen LogP contribution in [0.5, 0.6) is 0 Å². The molecule has 1 aromatic carbocycles. The third kappa shape index (κ3) is 3.95. The van der Waals surface area contributed by atoms with Crippen LogP contribution in [0.1, 0.15) is 36.5 Å². The lowest BCUT2D eigenvalue weighted by molar-refractivity contribution is 0.184. The molecule has 1 aliphatic heterocycles. The average molecular weight is 422 g/mol. The molecule has 1 aliphatic carbocycles. The summed E-state index contributed by atoms with van der Waals surface area (Å²) in [6, 6.07) is 10.1. The molecule has 8 heteroatoms. The van der Waals surface area contributed by atoms with E-state index in [9.17, 15) is 9.90 Å². The Morgan fingerprint density at radius 3 is 2.71 bits per heavy atom. The van der Waals surface area contributed by atoms with Crippen LogP contribution < -0.4 is 5.73 Å². The molecule has 0 radical (unpaired) electrons. The molecule has 5 rings (SSSR count). The molecule has 0 unspecified atom stereocenters. The smallest absolute Gasteiger partial charge is 0.314 e. The number of aryl methyl sites for hydroxylation is 1. The Bertz CT molecular complexity index is 1060. The topological polar surface area (TPSA) is 110 Å². The zero-order valence-electron chi connectivity index (χ0n) is 17.5. The van der Waals surface area contributed by atoms with Gasteiger partial charge in [0.05, 0.1) is 6.54 Å². The van der Waals surface area contributed by atoms with Gasteiger partial charge in [0.2, 0.25) is 0 Å². The van der Waals surface area contributed by atoms with Gasteiger partial charge in [-0.1, -0.05) is 29.4 Å². The minimum atomic E-state index is -0.633. The van der Waals surface area contributed by atoms with Crippen molar-refractivity contribution in [3.05, 3.63) is 59.8 Å². The second kappa shape index (κ2) is 7.85. The summed E-state index contributed by atoms with van der Waals surface area (Å²) in [5.74, 6) is 3.34. The summed E-state index contributed by atoms with van der Waals surface area (Å²) >= 11 is 0. The van der Waals surface area contributed by atoms with Gasteiger partial charge in [0.15, 0.2) is 5.76 Å². The van der Waals surface area contributed by atoms with Gasteiger partial charge in [-0.05, 0) is 43.1 Å². The number of urea groups is 1. The Morgan fingerprint density at radius 1 is 1.29 bits per heavy atom. The van der Waals surface area contributed by atoms with E-state index in [1.807, 2.05) is 16.8 Å². The van der Waals surface area contributed by atoms with Crippen molar-refractivity contribution in [2.24, 2.45) is 23.5 Å². The third-order valence-corrected chi connectivity index (χ3v) is 6.70. The van der Waals surface area contributed by atoms with E-state index in [1.54, 1.807) is 18.0 Å². The lowest BCUT2D eigenvalue weighted by Crippen LogP contribution is -2.35. The SMILES string of the molecule is C[C@H](O)c1nccn1Cc1cc(-c2ccc(CC[C@@H]3[C@H]4CN(C(N)=O)C[C@@H]34)cc2)on1. The van der Waals surface area contributed by atoms with E-state index in [0.717, 1.165) is 48.9 Å². The fraction of sp³-hybridized carbons (Fsp3) is 0.435. The summed E-state index contributed by atoms with van der Waals surface area (Å²) in [4.78, 5) is 17.2. The number of aromatic nitrogens is 3. The lowest BCUT2D eigenvalue weighted by atomic mass is 10.0. The van der Waals surface area contributed by atoms with Gasteiger partial charge in [-0.25, -0.2) is 9.78 Å². The molecule has 31 heavy (non-hydrogen) atoms. The first-order chi connectivity index (χ1) is 15.0. The number of rotatable bonds is 7. The predicted octanol–water partition coefficient (Wildman–Crippen LogP) is 2.83. The van der Waals surface area contributed by atoms with E-state index in [0.29, 0.717) is 24.2 Å². The summed E-state index contributed by atoms with van der Waals surface area (Å²) in [6.45, 7) is 3.85. The van der Waals surface area contributed by atoms with Gasteiger partial charge >= 0.3 is 6.03 Å². The van der Waals surface area contributed by atoms with E-state index in [2.05, 4.69) is 34.4 Å². The Labute approximate surface area is 180 Å². The zero-order chi connectivity index (χ0) is 21.5. The number of nitrogens with two attached hydrogens (primary N) is 1. The van der Waals surface area contributed by atoms with Crippen LogP contribution in [-0.4, -0.2) is 43.8 Å². The van der Waals surface area contributed by atoms with Gasteiger partial charge in [-0.3, -0.25) is 0 Å². The van der Waals surface area contributed by atoms with Crippen molar-refractivity contribution in [1.29, 1.82) is 0 Å². The number of carbonyl (C=O) groups excluding carboxylic acids is 1. The molecule has 162 valence electrons. The molecule has 0 bridgehead atoms. The van der Waals surface area contributed by atoms with Crippen LogP contribution in [0.4, 0.5) is 4.79 Å².